The summed E-state index contributed by atoms with van der Waals surface area (Å²) in [4.78, 5) is 0. The first-order chi connectivity index (χ1) is 11.3. The largest absolute Gasteiger partial charge is 0.493 e. The molecule has 1 N–H and O–H groups in total. The molecule has 6 nitrogen and oxygen atoms in total. The molecular weight excluding hydrogens is 292 g/mol. The molecule has 1 heterocycles. The zero-order chi connectivity index (χ0) is 16.1. The van der Waals surface area contributed by atoms with Crippen molar-refractivity contribution in [3.8, 4) is 28.8 Å². The number of hydrogen-bond donors (Lipinski definition) is 1. The predicted molar refractivity (Wildman–Crippen MR) is 83.9 cm³/mol. The summed E-state index contributed by atoms with van der Waals surface area (Å²) in [5.74, 6) is 1.20. The molecular formula is C17H14N4O2. The fraction of sp³-hybridized carbons (Fsp3) is 0.118. The highest BCUT2D eigenvalue weighted by molar-refractivity contribution is 5.67. The third kappa shape index (κ3) is 3.14. The molecule has 0 aliphatic rings. The lowest BCUT2D eigenvalue weighted by atomic mass is 10.1. The normalized spacial score (nSPS) is 10.1. The zero-order valence-electron chi connectivity index (χ0n) is 12.5. The van der Waals surface area contributed by atoms with Gasteiger partial charge in [-0.2, -0.15) is 15.6 Å². The maximum Gasteiger partial charge on any atom is 0.190 e. The van der Waals surface area contributed by atoms with Crippen LogP contribution in [0.25, 0.3) is 11.3 Å². The third-order valence-corrected chi connectivity index (χ3v) is 3.33. The van der Waals surface area contributed by atoms with Crippen molar-refractivity contribution in [2.45, 2.75) is 6.61 Å². The highest BCUT2D eigenvalue weighted by atomic mass is 16.5. The summed E-state index contributed by atoms with van der Waals surface area (Å²) < 4.78 is 11.2. The van der Waals surface area contributed by atoms with Crippen molar-refractivity contribution in [2.24, 2.45) is 0 Å². The van der Waals surface area contributed by atoms with Crippen LogP contribution in [0.2, 0.25) is 0 Å². The van der Waals surface area contributed by atoms with Gasteiger partial charge in [0.25, 0.3) is 0 Å². The van der Waals surface area contributed by atoms with Crippen molar-refractivity contribution in [3.05, 3.63) is 59.8 Å². The molecule has 0 radical (unpaired) electrons. The van der Waals surface area contributed by atoms with E-state index in [1.807, 2.05) is 42.5 Å². The van der Waals surface area contributed by atoms with Gasteiger partial charge in [0.1, 0.15) is 18.4 Å². The number of aromatic amines is 1. The van der Waals surface area contributed by atoms with E-state index in [4.69, 9.17) is 14.7 Å². The summed E-state index contributed by atoms with van der Waals surface area (Å²) in [5.41, 5.74) is 2.53. The van der Waals surface area contributed by atoms with Gasteiger partial charge in [-0.15, -0.1) is 5.10 Å². The lowest BCUT2D eigenvalue weighted by Crippen LogP contribution is -1.98. The summed E-state index contributed by atoms with van der Waals surface area (Å²) in [6, 6.07) is 17.3. The van der Waals surface area contributed by atoms with Crippen LogP contribution in [0.4, 0.5) is 0 Å². The number of nitriles is 1. The van der Waals surface area contributed by atoms with E-state index in [-0.39, 0.29) is 5.69 Å². The van der Waals surface area contributed by atoms with Crippen LogP contribution in [0.3, 0.4) is 0 Å². The number of rotatable bonds is 5. The Labute approximate surface area is 133 Å². The fourth-order valence-electron chi connectivity index (χ4n) is 2.18. The Morgan fingerprint density at radius 1 is 1.09 bits per heavy atom. The molecule has 0 amide bonds. The molecule has 3 rings (SSSR count). The Morgan fingerprint density at radius 2 is 1.91 bits per heavy atom. The van der Waals surface area contributed by atoms with Crippen molar-refractivity contribution < 1.29 is 9.47 Å². The van der Waals surface area contributed by atoms with E-state index in [0.29, 0.717) is 23.8 Å². The Kier molecular flexibility index (Phi) is 4.20. The molecule has 0 unspecified atom stereocenters. The summed E-state index contributed by atoms with van der Waals surface area (Å²) in [7, 11) is 1.57. The molecule has 0 saturated heterocycles. The monoisotopic (exact) mass is 306 g/mol. The van der Waals surface area contributed by atoms with E-state index in [1.165, 1.54) is 0 Å². The molecule has 3 aromatic rings. The van der Waals surface area contributed by atoms with Crippen LogP contribution in [0.15, 0.2) is 48.5 Å². The molecule has 2 aromatic carbocycles. The maximum absolute atomic E-state index is 9.03. The summed E-state index contributed by atoms with van der Waals surface area (Å²) in [6.45, 7) is 0.448. The van der Waals surface area contributed by atoms with Gasteiger partial charge in [-0.1, -0.05) is 30.3 Å². The van der Waals surface area contributed by atoms with E-state index < -0.39 is 0 Å². The SMILES string of the molecule is COc1cc(-c2n[nH]nc2C#N)ccc1OCc1ccccc1. The van der Waals surface area contributed by atoms with Crippen LogP contribution < -0.4 is 9.47 Å². The minimum atomic E-state index is 0.241. The molecule has 0 bridgehead atoms. The second-order valence-corrected chi connectivity index (χ2v) is 4.77. The second-order valence-electron chi connectivity index (χ2n) is 4.77. The third-order valence-electron chi connectivity index (χ3n) is 3.33. The minimum Gasteiger partial charge on any atom is -0.493 e. The average molecular weight is 306 g/mol. The van der Waals surface area contributed by atoms with E-state index >= 15 is 0 Å². The van der Waals surface area contributed by atoms with Gasteiger partial charge in [-0.25, -0.2) is 0 Å². The van der Waals surface area contributed by atoms with Crippen molar-refractivity contribution in [1.29, 1.82) is 5.26 Å². The van der Waals surface area contributed by atoms with Gasteiger partial charge >= 0.3 is 0 Å². The van der Waals surface area contributed by atoms with Crippen LogP contribution in [0.1, 0.15) is 11.3 Å². The highest BCUT2D eigenvalue weighted by Crippen LogP contribution is 2.33. The lowest BCUT2D eigenvalue weighted by Gasteiger charge is -2.11. The molecule has 1 aromatic heterocycles. The smallest absolute Gasteiger partial charge is 0.190 e. The summed E-state index contributed by atoms with van der Waals surface area (Å²) >= 11 is 0. The Balaban J connectivity index is 1.84. The van der Waals surface area contributed by atoms with E-state index in [1.54, 1.807) is 19.2 Å². The second kappa shape index (κ2) is 6.62. The zero-order valence-corrected chi connectivity index (χ0v) is 12.5. The minimum absolute atomic E-state index is 0.241. The van der Waals surface area contributed by atoms with Crippen LogP contribution in [0.5, 0.6) is 11.5 Å². The van der Waals surface area contributed by atoms with Gasteiger partial charge in [0, 0.05) is 5.56 Å². The van der Waals surface area contributed by atoms with E-state index in [9.17, 15) is 0 Å². The molecule has 0 saturated carbocycles. The van der Waals surface area contributed by atoms with E-state index in [0.717, 1.165) is 11.1 Å². The van der Waals surface area contributed by atoms with Crippen LogP contribution in [-0.2, 0) is 6.61 Å². The number of ether oxygens (including phenoxy) is 2. The van der Waals surface area contributed by atoms with Gasteiger partial charge in [0.2, 0.25) is 0 Å². The first-order valence-electron chi connectivity index (χ1n) is 6.98. The molecule has 114 valence electrons. The Hall–Kier alpha value is -3.33. The highest BCUT2D eigenvalue weighted by Gasteiger charge is 2.13. The van der Waals surface area contributed by atoms with Gasteiger partial charge in [0.05, 0.1) is 7.11 Å². The van der Waals surface area contributed by atoms with Gasteiger partial charge in [0.15, 0.2) is 17.2 Å². The number of H-pyrrole nitrogens is 1. The summed E-state index contributed by atoms with van der Waals surface area (Å²) in [5, 5.41) is 19.3. The number of methoxy groups -OCH3 is 1. The number of benzene rings is 2. The quantitative estimate of drug-likeness (QED) is 0.783. The molecule has 0 atom stereocenters. The van der Waals surface area contributed by atoms with Crippen LogP contribution in [-0.4, -0.2) is 22.5 Å². The van der Waals surface area contributed by atoms with Gasteiger partial charge in [-0.05, 0) is 23.8 Å². The Morgan fingerprint density at radius 3 is 2.65 bits per heavy atom. The first-order valence-corrected chi connectivity index (χ1v) is 6.98. The molecule has 0 aliphatic carbocycles. The molecule has 0 aliphatic heterocycles. The standard InChI is InChI=1S/C17H14N4O2/c1-22-16-9-13(17-14(10-18)19-21-20-17)7-8-15(16)23-11-12-5-3-2-4-6-12/h2-9H,11H2,1H3,(H,19,20,21). The van der Waals surface area contributed by atoms with E-state index in [2.05, 4.69) is 15.4 Å². The Bertz CT molecular complexity index is 837. The van der Waals surface area contributed by atoms with Crippen molar-refractivity contribution in [1.82, 2.24) is 15.4 Å². The van der Waals surface area contributed by atoms with Gasteiger partial charge in [-0.3, -0.25) is 0 Å². The van der Waals surface area contributed by atoms with Crippen molar-refractivity contribution in [3.63, 3.8) is 0 Å². The first kappa shape index (κ1) is 14.6. The molecule has 23 heavy (non-hydrogen) atoms. The molecule has 0 fully saturated rings. The van der Waals surface area contributed by atoms with Crippen LogP contribution >= 0.6 is 0 Å². The number of aromatic nitrogens is 3. The molecule has 6 heteroatoms. The number of hydrogen-bond acceptors (Lipinski definition) is 5. The predicted octanol–water partition coefficient (Wildman–Crippen LogP) is 2.93. The van der Waals surface area contributed by atoms with Gasteiger partial charge < -0.3 is 9.47 Å². The lowest BCUT2D eigenvalue weighted by molar-refractivity contribution is 0.284. The van der Waals surface area contributed by atoms with Crippen LogP contribution in [0, 0.1) is 11.3 Å². The molecule has 0 spiro atoms. The maximum atomic E-state index is 9.03. The topological polar surface area (TPSA) is 83.8 Å². The van der Waals surface area contributed by atoms with Crippen molar-refractivity contribution >= 4 is 0 Å². The number of nitrogens with zero attached hydrogens (tertiary/aromatic N) is 3. The fourth-order valence-corrected chi connectivity index (χ4v) is 2.18. The average Bonchev–Trinajstić information content (AvgIpc) is 3.09. The van der Waals surface area contributed by atoms with Crippen molar-refractivity contribution in [2.75, 3.05) is 7.11 Å². The number of nitrogens with one attached hydrogen (secondary N) is 1. The summed E-state index contributed by atoms with van der Waals surface area (Å²) in [6.07, 6.45) is 0.